The lowest BCUT2D eigenvalue weighted by Crippen LogP contribution is -2.38. The second-order valence-electron chi connectivity index (χ2n) is 8.82. The summed E-state index contributed by atoms with van der Waals surface area (Å²) in [6.07, 6.45) is 2.56. The molecule has 4 aromatic carbocycles. The maximum absolute atomic E-state index is 13.3. The molecule has 0 aromatic heterocycles. The van der Waals surface area contributed by atoms with Crippen molar-refractivity contribution in [1.29, 1.82) is 0 Å². The molecule has 4 rings (SSSR count). The Morgan fingerprint density at radius 1 is 0.795 bits per heavy atom. The van der Waals surface area contributed by atoms with Gasteiger partial charge in [0.2, 0.25) is 0 Å². The van der Waals surface area contributed by atoms with E-state index in [2.05, 4.69) is 16.0 Å². The van der Waals surface area contributed by atoms with E-state index in [4.69, 9.17) is 4.74 Å². The van der Waals surface area contributed by atoms with E-state index in [1.54, 1.807) is 16.7 Å². The van der Waals surface area contributed by atoms with E-state index in [1.165, 1.54) is 0 Å². The van der Waals surface area contributed by atoms with Crippen molar-refractivity contribution >= 4 is 40.9 Å². The first kappa shape index (κ1) is 27.6. The Morgan fingerprint density at radius 3 is 2.21 bits per heavy atom. The molecule has 0 atom stereocenters. The minimum atomic E-state index is -0.287. The maximum Gasteiger partial charge on any atom is 0.326 e. The first-order valence-electron chi connectivity index (χ1n) is 12.7. The number of benzene rings is 4. The molecule has 39 heavy (non-hydrogen) atoms. The highest BCUT2D eigenvalue weighted by Crippen LogP contribution is 2.25. The Balaban J connectivity index is 1.37. The Kier molecular flexibility index (Phi) is 9.85. The molecular weight excluding hydrogens is 508 g/mol. The number of nitrogens with zero attached hydrogens (tertiary/aromatic N) is 1. The number of anilines is 3. The molecule has 0 heterocycles. The third-order valence-electron chi connectivity index (χ3n) is 5.83. The van der Waals surface area contributed by atoms with Gasteiger partial charge in [0.1, 0.15) is 11.5 Å². The Bertz CT molecular complexity index is 1360. The summed E-state index contributed by atoms with van der Waals surface area (Å²) in [6, 6.07) is 31.7. The summed E-state index contributed by atoms with van der Waals surface area (Å²) in [4.78, 5) is 28.4. The minimum absolute atomic E-state index is 0.254. The molecule has 7 nitrogen and oxygen atoms in total. The van der Waals surface area contributed by atoms with Crippen molar-refractivity contribution in [3.05, 3.63) is 109 Å². The van der Waals surface area contributed by atoms with Gasteiger partial charge in [0.15, 0.2) is 0 Å². The molecular formula is C31H32N4O3S. The molecule has 0 unspecified atom stereocenters. The summed E-state index contributed by atoms with van der Waals surface area (Å²) in [7, 11) is 0. The van der Waals surface area contributed by atoms with E-state index in [0.29, 0.717) is 25.3 Å². The predicted molar refractivity (Wildman–Crippen MR) is 160 cm³/mol. The van der Waals surface area contributed by atoms with E-state index in [0.717, 1.165) is 33.3 Å². The first-order valence-corrected chi connectivity index (χ1v) is 13.9. The number of hydrogen-bond acceptors (Lipinski definition) is 4. The summed E-state index contributed by atoms with van der Waals surface area (Å²) in [6.45, 7) is 2.78. The van der Waals surface area contributed by atoms with Crippen molar-refractivity contribution in [1.82, 2.24) is 5.32 Å². The van der Waals surface area contributed by atoms with Crippen LogP contribution in [0.3, 0.4) is 0 Å². The van der Waals surface area contributed by atoms with E-state index < -0.39 is 0 Å². The van der Waals surface area contributed by atoms with Crippen molar-refractivity contribution in [3.63, 3.8) is 0 Å². The number of carbonyl (C=O) groups excluding carboxylic acids is 2. The number of thioether (sulfide) groups is 1. The van der Waals surface area contributed by atoms with Gasteiger partial charge < -0.3 is 20.7 Å². The second-order valence-corrected chi connectivity index (χ2v) is 9.70. The predicted octanol–water partition coefficient (Wildman–Crippen LogP) is 7.76. The Morgan fingerprint density at radius 2 is 1.51 bits per heavy atom. The van der Waals surface area contributed by atoms with Crippen LogP contribution in [0.2, 0.25) is 0 Å². The van der Waals surface area contributed by atoms with Crippen LogP contribution in [0, 0.1) is 6.92 Å². The SMILES string of the molecule is CSc1ccc(NC(=O)NCCCN(C(=O)Nc2cccc(C)c2)c2ccc(Oc3ccccc3)cc2)cc1. The molecule has 0 aliphatic carbocycles. The Labute approximate surface area is 233 Å². The highest BCUT2D eigenvalue weighted by molar-refractivity contribution is 7.98. The van der Waals surface area contributed by atoms with Crippen LogP contribution in [-0.4, -0.2) is 31.4 Å². The maximum atomic E-state index is 13.3. The van der Waals surface area contributed by atoms with Gasteiger partial charge >= 0.3 is 12.1 Å². The van der Waals surface area contributed by atoms with Crippen LogP contribution in [0.15, 0.2) is 108 Å². The number of ether oxygens (including phenoxy) is 1. The number of carbonyl (C=O) groups is 2. The fourth-order valence-corrected chi connectivity index (χ4v) is 4.28. The van der Waals surface area contributed by atoms with Gasteiger partial charge in [-0.15, -0.1) is 11.8 Å². The van der Waals surface area contributed by atoms with Gasteiger partial charge in [-0.2, -0.15) is 0 Å². The van der Waals surface area contributed by atoms with Crippen LogP contribution >= 0.6 is 11.8 Å². The fourth-order valence-electron chi connectivity index (χ4n) is 3.87. The van der Waals surface area contributed by atoms with Gasteiger partial charge in [-0.25, -0.2) is 9.59 Å². The zero-order valence-corrected chi connectivity index (χ0v) is 22.8. The number of para-hydroxylation sites is 1. The minimum Gasteiger partial charge on any atom is -0.457 e. The number of amides is 4. The van der Waals surface area contributed by atoms with Crippen LogP contribution in [-0.2, 0) is 0 Å². The summed E-state index contributed by atoms with van der Waals surface area (Å²) >= 11 is 1.65. The van der Waals surface area contributed by atoms with Crippen molar-refractivity contribution < 1.29 is 14.3 Å². The number of rotatable bonds is 10. The number of urea groups is 2. The molecule has 0 radical (unpaired) electrons. The average molecular weight is 541 g/mol. The topological polar surface area (TPSA) is 82.7 Å². The van der Waals surface area contributed by atoms with Crippen LogP contribution < -0.4 is 25.6 Å². The van der Waals surface area contributed by atoms with Gasteiger partial charge in [-0.3, -0.25) is 4.90 Å². The molecule has 0 bridgehead atoms. The average Bonchev–Trinajstić information content (AvgIpc) is 2.94. The van der Waals surface area contributed by atoms with Gasteiger partial charge in [0, 0.05) is 35.0 Å². The van der Waals surface area contributed by atoms with E-state index in [9.17, 15) is 9.59 Å². The molecule has 200 valence electrons. The smallest absolute Gasteiger partial charge is 0.326 e. The summed E-state index contributed by atoms with van der Waals surface area (Å²) in [5, 5.41) is 8.68. The lowest BCUT2D eigenvalue weighted by Gasteiger charge is -2.24. The number of nitrogens with one attached hydrogen (secondary N) is 3. The quantitative estimate of drug-likeness (QED) is 0.142. The van der Waals surface area contributed by atoms with Gasteiger partial charge in [-0.1, -0.05) is 30.3 Å². The van der Waals surface area contributed by atoms with Crippen molar-refractivity contribution in [2.75, 3.05) is 34.9 Å². The van der Waals surface area contributed by atoms with E-state index >= 15 is 0 Å². The van der Waals surface area contributed by atoms with Gasteiger partial charge in [0.05, 0.1) is 0 Å². The van der Waals surface area contributed by atoms with Crippen LogP contribution in [0.25, 0.3) is 0 Å². The molecule has 8 heteroatoms. The van der Waals surface area contributed by atoms with Crippen molar-refractivity contribution in [3.8, 4) is 11.5 Å². The monoisotopic (exact) mass is 540 g/mol. The molecule has 0 aliphatic rings. The zero-order valence-electron chi connectivity index (χ0n) is 22.0. The molecule has 0 spiro atoms. The lowest BCUT2D eigenvalue weighted by atomic mass is 10.2. The summed E-state index contributed by atoms with van der Waals surface area (Å²) in [5.41, 5.74) is 3.22. The standard InChI is InChI=1S/C31H32N4O3S/c1-23-8-6-9-25(22-23)34-31(37)35(26-14-16-28(17-15-26)38-27-10-4-3-5-11-27)21-7-20-32-30(36)33-24-12-18-29(39-2)19-13-24/h3-6,8-19,22H,7,20-21H2,1-2H3,(H,34,37)(H2,32,33,36). The van der Waals surface area contributed by atoms with Gasteiger partial charge in [-0.05, 0) is 98.0 Å². The fraction of sp³-hybridized carbons (Fsp3) is 0.161. The van der Waals surface area contributed by atoms with E-state index in [-0.39, 0.29) is 12.1 Å². The number of hydrogen-bond donors (Lipinski definition) is 3. The summed E-state index contributed by atoms with van der Waals surface area (Å²) < 4.78 is 5.89. The zero-order chi connectivity index (χ0) is 27.5. The molecule has 0 fully saturated rings. The lowest BCUT2D eigenvalue weighted by molar-refractivity contribution is 0.252. The largest absolute Gasteiger partial charge is 0.457 e. The first-order chi connectivity index (χ1) is 19.0. The molecule has 0 aliphatic heterocycles. The molecule has 4 amide bonds. The number of aryl methyl sites for hydroxylation is 1. The van der Waals surface area contributed by atoms with Crippen LogP contribution in [0.1, 0.15) is 12.0 Å². The van der Waals surface area contributed by atoms with Crippen molar-refractivity contribution in [2.45, 2.75) is 18.2 Å². The van der Waals surface area contributed by atoms with Crippen LogP contribution in [0.4, 0.5) is 26.7 Å². The molecule has 0 saturated carbocycles. The molecule has 4 aromatic rings. The van der Waals surface area contributed by atoms with Crippen molar-refractivity contribution in [2.24, 2.45) is 0 Å². The molecule has 0 saturated heterocycles. The van der Waals surface area contributed by atoms with Crippen LogP contribution in [0.5, 0.6) is 11.5 Å². The highest BCUT2D eigenvalue weighted by Gasteiger charge is 2.16. The Hall–Kier alpha value is -4.43. The third-order valence-corrected chi connectivity index (χ3v) is 6.58. The highest BCUT2D eigenvalue weighted by atomic mass is 32.2. The second kappa shape index (κ2) is 13.9. The molecule has 3 N–H and O–H groups in total. The third kappa shape index (κ3) is 8.55. The van der Waals surface area contributed by atoms with E-state index in [1.807, 2.05) is 116 Å². The normalized spacial score (nSPS) is 10.4. The van der Waals surface area contributed by atoms with Gasteiger partial charge in [0.25, 0.3) is 0 Å². The summed E-state index contributed by atoms with van der Waals surface area (Å²) in [5.74, 6) is 1.41.